The van der Waals surface area contributed by atoms with Crippen LogP contribution in [-0.4, -0.2) is 36.2 Å². The standard InChI is InChI=1S/C27H24N4O3S/c1-18-5-3-8-21(13-18)29-26(33)31-11-12-35-27(31)23-15-22(34-2)9-10-24(23)30(25(27)32)17-20-7-4-6-19(14-20)16-28/h3-10,13-15H,11-12,17H2,1-2H3,(H,29,33)/t27-/m0/s1. The van der Waals surface area contributed by atoms with Crippen LogP contribution in [0.25, 0.3) is 0 Å². The summed E-state index contributed by atoms with van der Waals surface area (Å²) in [6.45, 7) is 2.69. The van der Waals surface area contributed by atoms with E-state index in [9.17, 15) is 14.9 Å². The summed E-state index contributed by atoms with van der Waals surface area (Å²) in [5.41, 5.74) is 4.57. The SMILES string of the molecule is COc1ccc2c(c1)[C@]1(SCCN1C(=O)Nc1cccc(C)c1)C(=O)N2Cc1cccc(C#N)c1. The molecule has 1 saturated heterocycles. The first kappa shape index (κ1) is 22.8. The Kier molecular flexibility index (Phi) is 5.87. The molecule has 0 aliphatic carbocycles. The van der Waals surface area contributed by atoms with Crippen molar-refractivity contribution in [1.82, 2.24) is 4.90 Å². The summed E-state index contributed by atoms with van der Waals surface area (Å²) in [7, 11) is 1.58. The first-order chi connectivity index (χ1) is 17.0. The summed E-state index contributed by atoms with van der Waals surface area (Å²) in [6.07, 6.45) is 0. The van der Waals surface area contributed by atoms with Crippen molar-refractivity contribution in [2.24, 2.45) is 0 Å². The summed E-state index contributed by atoms with van der Waals surface area (Å²) in [5.74, 6) is 1.07. The van der Waals surface area contributed by atoms with Gasteiger partial charge in [0, 0.05) is 23.5 Å². The smallest absolute Gasteiger partial charge is 0.323 e. The van der Waals surface area contributed by atoms with E-state index >= 15 is 0 Å². The molecule has 1 atom stereocenters. The van der Waals surface area contributed by atoms with Gasteiger partial charge >= 0.3 is 6.03 Å². The van der Waals surface area contributed by atoms with Gasteiger partial charge in [-0.3, -0.25) is 9.69 Å². The summed E-state index contributed by atoms with van der Waals surface area (Å²) < 4.78 is 5.47. The van der Waals surface area contributed by atoms with Gasteiger partial charge in [-0.25, -0.2) is 4.79 Å². The molecule has 0 saturated carbocycles. The van der Waals surface area contributed by atoms with E-state index in [0.717, 1.165) is 22.4 Å². The van der Waals surface area contributed by atoms with Crippen LogP contribution < -0.4 is 15.0 Å². The second kappa shape index (κ2) is 9.01. The van der Waals surface area contributed by atoms with Crippen LogP contribution in [-0.2, 0) is 16.2 Å². The van der Waals surface area contributed by atoms with E-state index < -0.39 is 4.87 Å². The molecule has 1 fully saturated rings. The molecule has 0 aromatic heterocycles. The van der Waals surface area contributed by atoms with Gasteiger partial charge < -0.3 is 15.0 Å². The number of thioether (sulfide) groups is 1. The molecule has 35 heavy (non-hydrogen) atoms. The van der Waals surface area contributed by atoms with E-state index in [1.54, 1.807) is 29.0 Å². The fourth-order valence-corrected chi connectivity index (χ4v) is 6.17. The molecule has 2 aliphatic heterocycles. The van der Waals surface area contributed by atoms with Crippen molar-refractivity contribution in [3.8, 4) is 11.8 Å². The molecule has 3 amide bonds. The third kappa shape index (κ3) is 3.88. The minimum atomic E-state index is -1.19. The zero-order valence-corrected chi connectivity index (χ0v) is 20.3. The van der Waals surface area contributed by atoms with Gasteiger partial charge in [-0.1, -0.05) is 24.3 Å². The molecule has 0 unspecified atom stereocenters. The summed E-state index contributed by atoms with van der Waals surface area (Å²) in [5, 5.41) is 12.3. The van der Waals surface area contributed by atoms with Crippen molar-refractivity contribution in [1.29, 1.82) is 5.26 Å². The Bertz CT molecular complexity index is 1370. The van der Waals surface area contributed by atoms with E-state index in [1.807, 2.05) is 61.5 Å². The first-order valence-corrected chi connectivity index (χ1v) is 12.2. The third-order valence-electron chi connectivity index (χ3n) is 6.31. The number of nitrogens with zero attached hydrogens (tertiary/aromatic N) is 3. The van der Waals surface area contributed by atoms with E-state index in [4.69, 9.17) is 4.74 Å². The zero-order chi connectivity index (χ0) is 24.6. The number of fused-ring (bicyclic) bond motifs is 2. The van der Waals surface area contributed by atoms with Gasteiger partial charge in [0.05, 0.1) is 31.0 Å². The lowest BCUT2D eigenvalue weighted by Gasteiger charge is -2.33. The normalized spacial score (nSPS) is 18.5. The molecular weight excluding hydrogens is 460 g/mol. The average molecular weight is 485 g/mol. The van der Waals surface area contributed by atoms with Crippen molar-refractivity contribution in [2.45, 2.75) is 18.3 Å². The van der Waals surface area contributed by atoms with E-state index in [-0.39, 0.29) is 11.9 Å². The Labute approximate surface area is 208 Å². The lowest BCUT2D eigenvalue weighted by Crippen LogP contribution is -2.51. The van der Waals surface area contributed by atoms with E-state index in [1.165, 1.54) is 11.8 Å². The molecule has 3 aromatic carbocycles. The van der Waals surface area contributed by atoms with E-state index in [0.29, 0.717) is 35.8 Å². The topological polar surface area (TPSA) is 85.7 Å². The fourth-order valence-electron chi connectivity index (χ4n) is 4.71. The molecular formula is C27H24N4O3S. The highest BCUT2D eigenvalue weighted by molar-refractivity contribution is 8.01. The van der Waals surface area contributed by atoms with Crippen LogP contribution in [0.5, 0.6) is 5.75 Å². The van der Waals surface area contributed by atoms with Gasteiger partial charge in [-0.05, 0) is 60.5 Å². The number of ether oxygens (including phenoxy) is 1. The number of nitriles is 1. The van der Waals surface area contributed by atoms with Crippen LogP contribution in [0, 0.1) is 18.3 Å². The van der Waals surface area contributed by atoms with Crippen LogP contribution >= 0.6 is 11.8 Å². The Morgan fingerprint density at radius 3 is 2.77 bits per heavy atom. The van der Waals surface area contributed by atoms with Crippen molar-refractivity contribution in [3.63, 3.8) is 0 Å². The second-order valence-electron chi connectivity index (χ2n) is 8.53. The van der Waals surface area contributed by atoms with Gasteiger partial charge in [0.25, 0.3) is 5.91 Å². The largest absolute Gasteiger partial charge is 0.497 e. The van der Waals surface area contributed by atoms with Crippen molar-refractivity contribution >= 4 is 35.1 Å². The van der Waals surface area contributed by atoms with Crippen LogP contribution in [0.15, 0.2) is 66.7 Å². The molecule has 8 heteroatoms. The predicted molar refractivity (Wildman–Crippen MR) is 136 cm³/mol. The number of carbonyl (C=O) groups excluding carboxylic acids is 2. The van der Waals surface area contributed by atoms with Gasteiger partial charge in [0.2, 0.25) is 0 Å². The number of amides is 3. The molecule has 0 radical (unpaired) electrons. The van der Waals surface area contributed by atoms with Crippen LogP contribution in [0.4, 0.5) is 16.2 Å². The number of hydrogen-bond donors (Lipinski definition) is 1. The zero-order valence-electron chi connectivity index (χ0n) is 19.4. The van der Waals surface area contributed by atoms with Crippen LogP contribution in [0.1, 0.15) is 22.3 Å². The average Bonchev–Trinajstić information content (AvgIpc) is 3.41. The quantitative estimate of drug-likeness (QED) is 0.572. The number of hydrogen-bond acceptors (Lipinski definition) is 5. The number of carbonyl (C=O) groups is 2. The van der Waals surface area contributed by atoms with Crippen LogP contribution in [0.3, 0.4) is 0 Å². The molecule has 1 spiro atoms. The number of aryl methyl sites for hydroxylation is 1. The molecule has 176 valence electrons. The molecule has 3 aromatic rings. The lowest BCUT2D eigenvalue weighted by molar-refractivity contribution is -0.123. The maximum Gasteiger partial charge on any atom is 0.323 e. The fraction of sp³-hybridized carbons (Fsp3) is 0.222. The maximum atomic E-state index is 14.1. The predicted octanol–water partition coefficient (Wildman–Crippen LogP) is 4.86. The van der Waals surface area contributed by atoms with Crippen molar-refractivity contribution < 1.29 is 14.3 Å². The molecule has 5 rings (SSSR count). The molecule has 2 aliphatic rings. The van der Waals surface area contributed by atoms with Crippen molar-refractivity contribution in [3.05, 3.63) is 89.0 Å². The van der Waals surface area contributed by atoms with Gasteiger partial charge in [0.1, 0.15) is 5.75 Å². The molecule has 1 N–H and O–H groups in total. The van der Waals surface area contributed by atoms with Crippen molar-refractivity contribution in [2.75, 3.05) is 29.6 Å². The minimum absolute atomic E-state index is 0.176. The summed E-state index contributed by atoms with van der Waals surface area (Å²) >= 11 is 1.46. The number of urea groups is 1. The summed E-state index contributed by atoms with van der Waals surface area (Å²) in [4.78, 5) is 29.8. The Morgan fingerprint density at radius 1 is 1.17 bits per heavy atom. The number of anilines is 2. The highest BCUT2D eigenvalue weighted by Crippen LogP contribution is 2.55. The second-order valence-corrected chi connectivity index (χ2v) is 9.82. The third-order valence-corrected chi connectivity index (χ3v) is 7.73. The van der Waals surface area contributed by atoms with Gasteiger partial charge in [0.15, 0.2) is 4.87 Å². The van der Waals surface area contributed by atoms with Gasteiger partial charge in [-0.15, -0.1) is 11.8 Å². The first-order valence-electron chi connectivity index (χ1n) is 11.2. The Morgan fingerprint density at radius 2 is 2.00 bits per heavy atom. The number of benzene rings is 3. The highest BCUT2D eigenvalue weighted by Gasteiger charge is 2.59. The molecule has 2 heterocycles. The maximum absolute atomic E-state index is 14.1. The van der Waals surface area contributed by atoms with Crippen LogP contribution in [0.2, 0.25) is 0 Å². The minimum Gasteiger partial charge on any atom is -0.497 e. The number of nitrogens with one attached hydrogen (secondary N) is 1. The molecule has 7 nitrogen and oxygen atoms in total. The van der Waals surface area contributed by atoms with Gasteiger partial charge in [-0.2, -0.15) is 5.26 Å². The molecule has 0 bridgehead atoms. The number of rotatable bonds is 4. The van der Waals surface area contributed by atoms with E-state index in [2.05, 4.69) is 11.4 Å². The number of methoxy groups -OCH3 is 1. The Hall–Kier alpha value is -3.96. The summed E-state index contributed by atoms with van der Waals surface area (Å²) in [6, 6.07) is 22.2. The lowest BCUT2D eigenvalue weighted by atomic mass is 10.1. The monoisotopic (exact) mass is 484 g/mol. The Balaban J connectivity index is 1.55. The highest BCUT2D eigenvalue weighted by atomic mass is 32.2.